The Kier molecular flexibility index (Phi) is 6.66. The van der Waals surface area contributed by atoms with E-state index in [0.717, 1.165) is 48.7 Å². The number of hydrogen-bond acceptors (Lipinski definition) is 4. The lowest BCUT2D eigenvalue weighted by atomic mass is 10.1. The summed E-state index contributed by atoms with van der Waals surface area (Å²) in [6.07, 6.45) is 12.9. The molecule has 1 heterocycles. The van der Waals surface area contributed by atoms with Gasteiger partial charge in [0.05, 0.1) is 12.3 Å². The molecule has 0 saturated heterocycles. The zero-order valence-corrected chi connectivity index (χ0v) is 18.6. The first-order valence-corrected chi connectivity index (χ1v) is 11.3. The molecule has 2 aromatic carbocycles. The molecular weight excluding hydrogens is 380 g/mol. The van der Waals surface area contributed by atoms with Crippen LogP contribution < -0.4 is 10.7 Å². The van der Waals surface area contributed by atoms with Crippen molar-refractivity contribution in [2.24, 2.45) is 15.5 Å². The predicted octanol–water partition coefficient (Wildman–Crippen LogP) is 5.22. The van der Waals surface area contributed by atoms with E-state index >= 15 is 0 Å². The molecule has 1 aliphatic heterocycles. The number of hydrogen-bond donors (Lipinski definition) is 2. The van der Waals surface area contributed by atoms with Crippen LogP contribution in [0.25, 0.3) is 12.2 Å². The largest absolute Gasteiger partial charge is 0.354 e. The van der Waals surface area contributed by atoms with E-state index in [-0.39, 0.29) is 0 Å². The Balaban J connectivity index is 1.49. The summed E-state index contributed by atoms with van der Waals surface area (Å²) in [6, 6.07) is 17.3. The van der Waals surface area contributed by atoms with Crippen molar-refractivity contribution in [1.82, 2.24) is 10.7 Å². The first kappa shape index (κ1) is 21.1. The van der Waals surface area contributed by atoms with Crippen molar-refractivity contribution in [1.29, 1.82) is 0 Å². The summed E-state index contributed by atoms with van der Waals surface area (Å²) >= 11 is 0. The third-order valence-corrected chi connectivity index (χ3v) is 6.12. The van der Waals surface area contributed by atoms with Gasteiger partial charge < -0.3 is 5.32 Å². The molecule has 4 nitrogen and oxygen atoms in total. The van der Waals surface area contributed by atoms with Crippen molar-refractivity contribution in [3.05, 3.63) is 82.9 Å². The first-order chi connectivity index (χ1) is 15.2. The van der Waals surface area contributed by atoms with Crippen LogP contribution in [0.15, 0.2) is 70.8 Å². The smallest absolute Gasteiger partial charge is 0.212 e. The summed E-state index contributed by atoms with van der Waals surface area (Å²) in [5, 5.41) is 8.00. The van der Waals surface area contributed by atoms with Crippen LogP contribution >= 0.6 is 0 Å². The topological polar surface area (TPSA) is 48.8 Å². The molecule has 31 heavy (non-hydrogen) atoms. The number of guanidine groups is 1. The Morgan fingerprint density at radius 1 is 0.935 bits per heavy atom. The van der Waals surface area contributed by atoms with Gasteiger partial charge in [-0.1, -0.05) is 74.5 Å². The molecule has 1 spiro atoms. The maximum atomic E-state index is 4.63. The lowest BCUT2D eigenvalue weighted by molar-refractivity contribution is 0.483. The fraction of sp³-hybridized carbons (Fsp3) is 0.333. The summed E-state index contributed by atoms with van der Waals surface area (Å²) in [6.45, 7) is 6.23. The van der Waals surface area contributed by atoms with E-state index in [9.17, 15) is 0 Å². The second-order valence-corrected chi connectivity index (χ2v) is 8.52. The zero-order valence-electron chi connectivity index (χ0n) is 18.6. The first-order valence-electron chi connectivity index (χ1n) is 11.3. The highest BCUT2D eigenvalue weighted by atomic mass is 15.4. The summed E-state index contributed by atoms with van der Waals surface area (Å²) in [4.78, 5) is 4.63. The van der Waals surface area contributed by atoms with Crippen molar-refractivity contribution in [2.75, 3.05) is 13.1 Å². The van der Waals surface area contributed by atoms with E-state index in [4.69, 9.17) is 0 Å². The van der Waals surface area contributed by atoms with Crippen molar-refractivity contribution in [3.8, 4) is 0 Å². The van der Waals surface area contributed by atoms with E-state index in [0.29, 0.717) is 5.41 Å². The fourth-order valence-electron chi connectivity index (χ4n) is 3.56. The normalized spacial score (nSPS) is 16.9. The highest BCUT2D eigenvalue weighted by Crippen LogP contribution is 2.46. The van der Waals surface area contributed by atoms with Gasteiger partial charge in [0.25, 0.3) is 0 Å². The average Bonchev–Trinajstić information content (AvgIpc) is 3.59. The van der Waals surface area contributed by atoms with Gasteiger partial charge in [-0.3, -0.25) is 4.99 Å². The van der Waals surface area contributed by atoms with Crippen molar-refractivity contribution in [2.45, 2.75) is 39.5 Å². The highest BCUT2D eigenvalue weighted by Gasteiger charge is 2.44. The lowest BCUT2D eigenvalue weighted by Gasteiger charge is -2.21. The molecule has 0 bridgehead atoms. The predicted molar refractivity (Wildman–Crippen MR) is 132 cm³/mol. The van der Waals surface area contributed by atoms with Crippen LogP contribution in [0.3, 0.4) is 0 Å². The Morgan fingerprint density at radius 3 is 1.90 bits per heavy atom. The van der Waals surface area contributed by atoms with Crippen molar-refractivity contribution in [3.63, 3.8) is 0 Å². The van der Waals surface area contributed by atoms with Gasteiger partial charge in [-0.15, -0.1) is 0 Å². The second-order valence-electron chi connectivity index (χ2n) is 8.52. The van der Waals surface area contributed by atoms with Crippen LogP contribution in [-0.2, 0) is 12.8 Å². The number of rotatable bonds is 7. The van der Waals surface area contributed by atoms with Crippen LogP contribution in [0.4, 0.5) is 0 Å². The van der Waals surface area contributed by atoms with Gasteiger partial charge in [0.15, 0.2) is 0 Å². The van der Waals surface area contributed by atoms with E-state index in [2.05, 4.69) is 95.4 Å². The molecule has 2 N–H and O–H groups in total. The summed E-state index contributed by atoms with van der Waals surface area (Å²) in [5.41, 5.74) is 9.40. The maximum Gasteiger partial charge on any atom is 0.212 e. The van der Waals surface area contributed by atoms with Crippen LogP contribution in [-0.4, -0.2) is 24.8 Å². The molecule has 1 fully saturated rings. The van der Waals surface area contributed by atoms with Crippen LogP contribution in [0.5, 0.6) is 0 Å². The molecule has 4 rings (SSSR count). The summed E-state index contributed by atoms with van der Waals surface area (Å²) in [5.74, 6) is 0.761. The average molecular weight is 413 g/mol. The molecular formula is C27H32N4. The Labute approximate surface area is 185 Å². The minimum absolute atomic E-state index is 0.423. The molecule has 0 amide bonds. The molecule has 0 atom stereocenters. The van der Waals surface area contributed by atoms with Crippen LogP contribution in [0.1, 0.15) is 48.9 Å². The number of benzene rings is 2. The number of aryl methyl sites for hydroxylation is 2. The second kappa shape index (κ2) is 9.78. The summed E-state index contributed by atoms with van der Waals surface area (Å²) in [7, 11) is 0. The van der Waals surface area contributed by atoms with Gasteiger partial charge in [-0.25, -0.2) is 5.43 Å². The lowest BCUT2D eigenvalue weighted by Crippen LogP contribution is -2.43. The van der Waals surface area contributed by atoms with Gasteiger partial charge in [0.1, 0.15) is 0 Å². The van der Waals surface area contributed by atoms with Crippen LogP contribution in [0, 0.1) is 5.41 Å². The number of aliphatic imine (C=N–C) groups is 1. The minimum Gasteiger partial charge on any atom is -0.354 e. The number of nitrogens with one attached hydrogen (secondary N) is 2. The molecule has 0 aromatic heterocycles. The quantitative estimate of drug-likeness (QED) is 0.484. The minimum atomic E-state index is 0.423. The third kappa shape index (κ3) is 5.94. The number of allylic oxidation sites excluding steroid dienone is 2. The van der Waals surface area contributed by atoms with Gasteiger partial charge in [-0.05, 0) is 60.1 Å². The molecule has 0 radical (unpaired) electrons. The van der Waals surface area contributed by atoms with Crippen molar-refractivity contribution >= 4 is 23.8 Å². The van der Waals surface area contributed by atoms with Gasteiger partial charge in [-0.2, -0.15) is 5.10 Å². The molecule has 1 saturated carbocycles. The van der Waals surface area contributed by atoms with Gasteiger partial charge in [0.2, 0.25) is 5.96 Å². The number of hydrazone groups is 1. The van der Waals surface area contributed by atoms with Crippen molar-refractivity contribution < 1.29 is 0 Å². The van der Waals surface area contributed by atoms with E-state index in [1.165, 1.54) is 24.0 Å². The molecule has 0 unspecified atom stereocenters. The monoisotopic (exact) mass is 412 g/mol. The SMILES string of the molecule is CCc1ccc(C=CC(C=Cc2ccc(CC)cc2)=NNC2=NCC3(CC3)CN2)cc1. The maximum absolute atomic E-state index is 4.63. The highest BCUT2D eigenvalue weighted by molar-refractivity contribution is 6.09. The van der Waals surface area contributed by atoms with E-state index in [1.54, 1.807) is 0 Å². The van der Waals surface area contributed by atoms with Crippen LogP contribution in [0.2, 0.25) is 0 Å². The third-order valence-electron chi connectivity index (χ3n) is 6.12. The molecule has 2 aliphatic rings. The summed E-state index contributed by atoms with van der Waals surface area (Å²) < 4.78 is 0. The Hall–Kier alpha value is -3.14. The van der Waals surface area contributed by atoms with E-state index in [1.807, 2.05) is 12.2 Å². The molecule has 4 heteroatoms. The number of nitrogens with zero attached hydrogens (tertiary/aromatic N) is 2. The van der Waals surface area contributed by atoms with Gasteiger partial charge >= 0.3 is 0 Å². The molecule has 1 aliphatic carbocycles. The Morgan fingerprint density at radius 2 is 1.48 bits per heavy atom. The zero-order chi connectivity index (χ0) is 21.5. The fourth-order valence-corrected chi connectivity index (χ4v) is 3.56. The standard InChI is InChI=1S/C27H32N4/c1-3-21-5-9-23(10-6-21)13-15-25(16-14-24-11-7-22(4-2)8-12-24)30-31-26-28-19-27(17-18-27)20-29-26/h5-16H,3-4,17-20H2,1-2H3,(H2,28,29,31). The van der Waals surface area contributed by atoms with E-state index < -0.39 is 0 Å². The van der Waals surface area contributed by atoms with Gasteiger partial charge in [0, 0.05) is 12.0 Å². The Bertz CT molecular complexity index is 931. The molecule has 160 valence electrons. The molecule has 2 aromatic rings.